The van der Waals surface area contributed by atoms with E-state index >= 15 is 0 Å². The van der Waals surface area contributed by atoms with Gasteiger partial charge >= 0.3 is 0 Å². The lowest BCUT2D eigenvalue weighted by molar-refractivity contribution is -0.127. The number of likely N-dealkylation sites (tertiary alicyclic amines) is 1. The van der Waals surface area contributed by atoms with Gasteiger partial charge in [-0.3, -0.25) is 14.4 Å². The topological polar surface area (TPSA) is 129 Å². The van der Waals surface area contributed by atoms with Gasteiger partial charge in [-0.05, 0) is 50.3 Å². The van der Waals surface area contributed by atoms with Gasteiger partial charge in [-0.2, -0.15) is 0 Å². The molecule has 3 heterocycles. The van der Waals surface area contributed by atoms with Crippen LogP contribution in [0.25, 0.3) is 0 Å². The van der Waals surface area contributed by atoms with Crippen molar-refractivity contribution in [1.29, 1.82) is 0 Å². The molecule has 250 valence electrons. The Hall–Kier alpha value is -4.58. The summed E-state index contributed by atoms with van der Waals surface area (Å²) in [5.74, 6) is 0.696. The van der Waals surface area contributed by atoms with Crippen LogP contribution in [0.5, 0.6) is 5.75 Å². The van der Waals surface area contributed by atoms with Gasteiger partial charge in [0, 0.05) is 77.0 Å². The number of nitrogens with one attached hydrogen (secondary N) is 2. The molecule has 0 spiro atoms. The van der Waals surface area contributed by atoms with Crippen molar-refractivity contribution in [2.75, 3.05) is 81.3 Å². The van der Waals surface area contributed by atoms with Crippen molar-refractivity contribution in [2.45, 2.75) is 44.9 Å². The molecule has 2 N–H and O–H groups in total. The molecule has 2 saturated heterocycles. The molecular weight excluding hydrogens is 600 g/mol. The first kappa shape index (κ1) is 32.4. The number of aromatic nitrogens is 1. The second-order valence-electron chi connectivity index (χ2n) is 12.4. The van der Waals surface area contributed by atoms with Crippen LogP contribution in [0, 0.1) is 6.92 Å². The number of hydrogen-bond donors (Lipinski definition) is 2. The molecule has 0 radical (unpaired) electrons. The number of aryl methyl sites for hydroxylation is 1. The highest BCUT2D eigenvalue weighted by atomic mass is 16.5. The van der Waals surface area contributed by atoms with Gasteiger partial charge in [0.15, 0.2) is 11.6 Å². The summed E-state index contributed by atoms with van der Waals surface area (Å²) in [6.45, 7) is 7.46. The van der Waals surface area contributed by atoms with E-state index in [1.165, 1.54) is 17.5 Å². The Morgan fingerprint density at radius 1 is 1.00 bits per heavy atom. The van der Waals surface area contributed by atoms with Crippen LogP contribution in [0.1, 0.15) is 70.3 Å². The Labute approximate surface area is 275 Å². The van der Waals surface area contributed by atoms with E-state index in [-0.39, 0.29) is 30.0 Å². The molecule has 0 bridgehead atoms. The summed E-state index contributed by atoms with van der Waals surface area (Å²) in [6.07, 6.45) is 5.53. The maximum atomic E-state index is 13.6. The summed E-state index contributed by atoms with van der Waals surface area (Å²) in [6, 6.07) is 11.9. The molecular formula is C35H44N6O6. The van der Waals surface area contributed by atoms with Crippen molar-refractivity contribution in [3.63, 3.8) is 0 Å². The van der Waals surface area contributed by atoms with Crippen LogP contribution in [0.4, 0.5) is 17.1 Å². The predicted molar refractivity (Wildman–Crippen MR) is 179 cm³/mol. The number of hydrogen-bond acceptors (Lipinski definition) is 9. The van der Waals surface area contributed by atoms with E-state index in [1.54, 1.807) is 13.2 Å². The van der Waals surface area contributed by atoms with Gasteiger partial charge in [0.25, 0.3) is 11.8 Å². The van der Waals surface area contributed by atoms with Crippen molar-refractivity contribution >= 4 is 34.8 Å². The molecule has 0 atom stereocenters. The second kappa shape index (κ2) is 14.9. The van der Waals surface area contributed by atoms with Crippen LogP contribution in [0.2, 0.25) is 0 Å². The zero-order chi connectivity index (χ0) is 32.8. The van der Waals surface area contributed by atoms with Gasteiger partial charge in [-0.1, -0.05) is 18.2 Å². The first-order chi connectivity index (χ1) is 22.9. The fraction of sp³-hybridized carbons (Fsp3) is 0.486. The highest BCUT2D eigenvalue weighted by Crippen LogP contribution is 2.40. The minimum atomic E-state index is -0.407. The van der Waals surface area contributed by atoms with E-state index in [4.69, 9.17) is 13.9 Å². The van der Waals surface area contributed by atoms with Gasteiger partial charge in [-0.15, -0.1) is 0 Å². The number of para-hydroxylation sites is 1. The minimum absolute atomic E-state index is 0.164. The third kappa shape index (κ3) is 7.87. The molecule has 2 aromatic carbocycles. The zero-order valence-electron chi connectivity index (χ0n) is 27.3. The Kier molecular flexibility index (Phi) is 10.3. The number of piperazine rings is 1. The van der Waals surface area contributed by atoms with Crippen molar-refractivity contribution in [2.24, 2.45) is 0 Å². The Morgan fingerprint density at radius 2 is 1.77 bits per heavy atom. The number of anilines is 3. The summed E-state index contributed by atoms with van der Waals surface area (Å²) in [5.41, 5.74) is 4.18. The lowest BCUT2D eigenvalue weighted by atomic mass is 10.1. The zero-order valence-corrected chi connectivity index (χ0v) is 27.3. The number of carbonyl (C=O) groups excluding carboxylic acids is 3. The van der Waals surface area contributed by atoms with Gasteiger partial charge in [0.1, 0.15) is 18.6 Å². The molecule has 1 aliphatic carbocycles. The number of benzene rings is 2. The molecule has 12 heteroatoms. The summed E-state index contributed by atoms with van der Waals surface area (Å²) >= 11 is 0. The highest BCUT2D eigenvalue weighted by Gasteiger charge is 2.30. The number of rotatable bonds is 14. The molecule has 3 aliphatic rings. The molecule has 3 amide bonds. The van der Waals surface area contributed by atoms with Gasteiger partial charge in [0.2, 0.25) is 5.91 Å². The molecule has 0 unspecified atom stereocenters. The quantitative estimate of drug-likeness (QED) is 0.248. The largest absolute Gasteiger partial charge is 0.490 e. The van der Waals surface area contributed by atoms with Gasteiger partial charge in [0.05, 0.1) is 23.5 Å². The third-order valence-electron chi connectivity index (χ3n) is 8.96. The minimum Gasteiger partial charge on any atom is -0.490 e. The summed E-state index contributed by atoms with van der Waals surface area (Å²) < 4.78 is 16.9. The summed E-state index contributed by atoms with van der Waals surface area (Å²) in [7, 11) is 1.60. The van der Waals surface area contributed by atoms with Crippen molar-refractivity contribution in [1.82, 2.24) is 15.2 Å². The number of methoxy groups -OCH3 is 1. The average Bonchev–Trinajstić information content (AvgIpc) is 3.66. The Balaban J connectivity index is 1.24. The SMILES string of the molecule is COCCOc1cc(N2CCN(c3ccccc3C)CC2)c(NC(=O)c2coc(C3CC3)n2)cc1C(=O)NCCCN1CCCC1=O. The second-order valence-corrected chi connectivity index (χ2v) is 12.4. The van der Waals surface area contributed by atoms with Gasteiger partial charge < -0.3 is 39.2 Å². The lowest BCUT2D eigenvalue weighted by Crippen LogP contribution is -2.47. The number of nitrogens with zero attached hydrogens (tertiary/aromatic N) is 4. The first-order valence-electron chi connectivity index (χ1n) is 16.6. The van der Waals surface area contributed by atoms with Crippen molar-refractivity contribution < 1.29 is 28.3 Å². The molecule has 47 heavy (non-hydrogen) atoms. The van der Waals surface area contributed by atoms with Crippen LogP contribution in [-0.4, -0.2) is 93.7 Å². The van der Waals surface area contributed by atoms with E-state index in [2.05, 4.69) is 50.5 Å². The Bertz CT molecular complexity index is 1580. The first-order valence-corrected chi connectivity index (χ1v) is 16.6. The van der Waals surface area contributed by atoms with Crippen LogP contribution in [-0.2, 0) is 9.53 Å². The van der Waals surface area contributed by atoms with Gasteiger partial charge in [-0.25, -0.2) is 4.98 Å². The molecule has 2 aliphatic heterocycles. The number of ether oxygens (including phenoxy) is 2. The molecule has 1 saturated carbocycles. The van der Waals surface area contributed by atoms with E-state index in [0.29, 0.717) is 68.5 Å². The third-order valence-corrected chi connectivity index (χ3v) is 8.96. The monoisotopic (exact) mass is 644 g/mol. The number of carbonyl (C=O) groups is 3. The van der Waals surface area contributed by atoms with Crippen LogP contribution < -0.4 is 25.2 Å². The van der Waals surface area contributed by atoms with E-state index in [1.807, 2.05) is 17.0 Å². The maximum absolute atomic E-state index is 13.6. The van der Waals surface area contributed by atoms with E-state index in [9.17, 15) is 14.4 Å². The van der Waals surface area contributed by atoms with E-state index in [0.717, 1.165) is 44.6 Å². The van der Waals surface area contributed by atoms with Crippen LogP contribution in [0.15, 0.2) is 47.1 Å². The summed E-state index contributed by atoms with van der Waals surface area (Å²) in [4.78, 5) is 49.9. The lowest BCUT2D eigenvalue weighted by Gasteiger charge is -2.39. The smallest absolute Gasteiger partial charge is 0.277 e. The fourth-order valence-electron chi connectivity index (χ4n) is 6.17. The molecule has 1 aromatic heterocycles. The number of amides is 3. The van der Waals surface area contributed by atoms with E-state index < -0.39 is 5.91 Å². The van der Waals surface area contributed by atoms with Crippen LogP contribution in [0.3, 0.4) is 0 Å². The van der Waals surface area contributed by atoms with Crippen molar-refractivity contribution in [3.05, 3.63) is 65.4 Å². The fourth-order valence-corrected chi connectivity index (χ4v) is 6.17. The predicted octanol–water partition coefficient (Wildman–Crippen LogP) is 4.21. The molecule has 6 rings (SSSR count). The average molecular weight is 645 g/mol. The standard InChI is InChI=1S/C35H44N6O6/c1-24-7-3-4-8-29(24)39-15-17-40(18-16-39)30-22-31(46-20-19-45-2)26(33(43)36-12-6-14-41-13-5-9-32(41)42)21-27(30)37-34(44)28-23-47-35(38-28)25-10-11-25/h3-4,7-8,21-23,25H,5-6,9-20H2,1-2H3,(H,36,43)(H,37,44). The molecule has 12 nitrogen and oxygen atoms in total. The summed E-state index contributed by atoms with van der Waals surface area (Å²) in [5, 5.41) is 6.01. The maximum Gasteiger partial charge on any atom is 0.277 e. The Morgan fingerprint density at radius 3 is 2.47 bits per heavy atom. The van der Waals surface area contributed by atoms with Crippen molar-refractivity contribution in [3.8, 4) is 5.75 Å². The molecule has 3 aromatic rings. The highest BCUT2D eigenvalue weighted by molar-refractivity contribution is 6.07. The van der Waals surface area contributed by atoms with Crippen LogP contribution >= 0.6 is 0 Å². The molecule has 3 fully saturated rings. The normalized spacial score (nSPS) is 16.5. The number of oxazole rings is 1.